The number of hydrogen-bond donors (Lipinski definition) is 1. The second-order valence-corrected chi connectivity index (χ2v) is 4.66. The molecule has 1 aromatic carbocycles. The zero-order valence-corrected chi connectivity index (χ0v) is 11.3. The highest BCUT2D eigenvalue weighted by Crippen LogP contribution is 2.29. The summed E-state index contributed by atoms with van der Waals surface area (Å²) in [5.74, 6) is 0.915. The molecule has 3 rings (SSSR count). The lowest BCUT2D eigenvalue weighted by molar-refractivity contribution is 0.110. The van der Waals surface area contributed by atoms with Crippen molar-refractivity contribution >= 4 is 6.29 Å². The third-order valence-corrected chi connectivity index (χ3v) is 3.22. The summed E-state index contributed by atoms with van der Waals surface area (Å²) in [4.78, 5) is 21.8. The third kappa shape index (κ3) is 2.53. The Kier molecular flexibility index (Phi) is 3.23. The molecule has 0 spiro atoms. The van der Waals surface area contributed by atoms with Crippen LogP contribution in [0.5, 0.6) is 0 Å². The van der Waals surface area contributed by atoms with E-state index in [1.165, 1.54) is 6.07 Å². The largest absolute Gasteiger partial charge is 0.453 e. The predicted molar refractivity (Wildman–Crippen MR) is 78.1 cm³/mol. The van der Waals surface area contributed by atoms with Crippen molar-refractivity contribution in [2.24, 2.45) is 0 Å². The van der Waals surface area contributed by atoms with Crippen molar-refractivity contribution in [1.82, 2.24) is 10.2 Å². The lowest BCUT2D eigenvalue weighted by atomic mass is 10.0. The van der Waals surface area contributed by atoms with Gasteiger partial charge in [0.25, 0.3) is 5.56 Å². The summed E-state index contributed by atoms with van der Waals surface area (Å²) in [5.41, 5.74) is 3.19. The maximum atomic E-state index is 11.1. The molecule has 1 N–H and O–H groups in total. The molecule has 0 aliphatic heterocycles. The van der Waals surface area contributed by atoms with E-state index in [4.69, 9.17) is 4.42 Å². The van der Waals surface area contributed by atoms with E-state index in [1.54, 1.807) is 18.2 Å². The fourth-order valence-corrected chi connectivity index (χ4v) is 2.11. The number of aldehydes is 1. The van der Waals surface area contributed by atoms with Gasteiger partial charge in [-0.25, -0.2) is 5.10 Å². The van der Waals surface area contributed by atoms with Gasteiger partial charge in [-0.05, 0) is 36.8 Å². The van der Waals surface area contributed by atoms with Gasteiger partial charge in [0.1, 0.15) is 5.76 Å². The highest BCUT2D eigenvalue weighted by atomic mass is 16.3. The monoisotopic (exact) mass is 280 g/mol. The molecule has 21 heavy (non-hydrogen) atoms. The number of nitrogens with one attached hydrogen (secondary N) is 1. The molecule has 0 saturated heterocycles. The van der Waals surface area contributed by atoms with Crippen LogP contribution in [0.15, 0.2) is 51.7 Å². The lowest BCUT2D eigenvalue weighted by Gasteiger charge is -2.06. The van der Waals surface area contributed by atoms with E-state index < -0.39 is 0 Å². The molecule has 0 bridgehead atoms. The van der Waals surface area contributed by atoms with E-state index in [2.05, 4.69) is 10.2 Å². The summed E-state index contributed by atoms with van der Waals surface area (Å²) in [7, 11) is 0. The standard InChI is InChI=1S/C16H12N2O3/c1-10-2-3-11(14-5-7-16(20)18-17-14)8-13(10)15-6-4-12(9-19)21-15/h2-9H,1H3,(H,18,20). The van der Waals surface area contributed by atoms with Crippen molar-refractivity contribution in [3.63, 3.8) is 0 Å². The van der Waals surface area contributed by atoms with Gasteiger partial charge in [-0.2, -0.15) is 5.10 Å². The average Bonchev–Trinajstić information content (AvgIpc) is 2.97. The van der Waals surface area contributed by atoms with Crippen molar-refractivity contribution in [3.05, 3.63) is 64.1 Å². The summed E-state index contributed by atoms with van der Waals surface area (Å²) in [5, 5.41) is 6.42. The molecule has 3 aromatic rings. The number of hydrogen-bond acceptors (Lipinski definition) is 4. The number of carbonyl (C=O) groups is 1. The van der Waals surface area contributed by atoms with E-state index in [0.29, 0.717) is 17.7 Å². The van der Waals surface area contributed by atoms with E-state index in [1.807, 2.05) is 25.1 Å². The first-order valence-electron chi connectivity index (χ1n) is 6.39. The topological polar surface area (TPSA) is 76.0 Å². The maximum Gasteiger partial charge on any atom is 0.264 e. The first-order valence-corrected chi connectivity index (χ1v) is 6.39. The number of nitrogens with zero attached hydrogens (tertiary/aromatic N) is 1. The van der Waals surface area contributed by atoms with Crippen LogP contribution in [0.25, 0.3) is 22.6 Å². The number of carbonyl (C=O) groups excluding carboxylic acids is 1. The van der Waals surface area contributed by atoms with Crippen molar-refractivity contribution in [1.29, 1.82) is 0 Å². The van der Waals surface area contributed by atoms with Gasteiger partial charge in [0.2, 0.25) is 0 Å². The molecule has 0 atom stereocenters. The zero-order chi connectivity index (χ0) is 14.8. The highest BCUT2D eigenvalue weighted by molar-refractivity contribution is 5.75. The molecule has 0 unspecified atom stereocenters. The van der Waals surface area contributed by atoms with Gasteiger partial charge in [-0.3, -0.25) is 9.59 Å². The Hall–Kier alpha value is -2.95. The Bertz CT molecular complexity index is 841. The van der Waals surface area contributed by atoms with E-state index >= 15 is 0 Å². The fraction of sp³-hybridized carbons (Fsp3) is 0.0625. The number of rotatable bonds is 3. The molecular formula is C16H12N2O3. The Balaban J connectivity index is 2.09. The van der Waals surface area contributed by atoms with Crippen molar-refractivity contribution in [2.75, 3.05) is 0 Å². The molecule has 0 amide bonds. The number of aromatic nitrogens is 2. The summed E-state index contributed by atoms with van der Waals surface area (Å²) in [6.07, 6.45) is 0.673. The normalized spacial score (nSPS) is 10.5. The minimum Gasteiger partial charge on any atom is -0.453 e. The second kappa shape index (κ2) is 5.20. The minimum atomic E-state index is -0.243. The van der Waals surface area contributed by atoms with Crippen LogP contribution in [0.3, 0.4) is 0 Å². The van der Waals surface area contributed by atoms with Gasteiger partial charge in [0.15, 0.2) is 12.0 Å². The van der Waals surface area contributed by atoms with Crippen LogP contribution in [-0.2, 0) is 0 Å². The zero-order valence-electron chi connectivity index (χ0n) is 11.3. The molecule has 0 saturated carbocycles. The van der Waals surface area contributed by atoms with E-state index in [0.717, 1.165) is 16.7 Å². The number of benzene rings is 1. The predicted octanol–water partition coefficient (Wildman–Crippen LogP) is 2.82. The lowest BCUT2D eigenvalue weighted by Crippen LogP contribution is -2.05. The summed E-state index contributed by atoms with van der Waals surface area (Å²) < 4.78 is 5.46. The van der Waals surface area contributed by atoms with Crippen LogP contribution < -0.4 is 5.56 Å². The van der Waals surface area contributed by atoms with E-state index in [9.17, 15) is 9.59 Å². The van der Waals surface area contributed by atoms with Gasteiger partial charge in [-0.15, -0.1) is 0 Å². The molecule has 5 heteroatoms. The first-order chi connectivity index (χ1) is 10.2. The summed E-state index contributed by atoms with van der Waals surface area (Å²) >= 11 is 0. The molecule has 0 aliphatic rings. The van der Waals surface area contributed by atoms with Crippen LogP contribution in [0.2, 0.25) is 0 Å². The van der Waals surface area contributed by atoms with E-state index in [-0.39, 0.29) is 11.3 Å². The number of furan rings is 1. The van der Waals surface area contributed by atoms with Gasteiger partial charge < -0.3 is 4.42 Å². The maximum absolute atomic E-state index is 11.1. The Labute approximate surface area is 120 Å². The summed E-state index contributed by atoms with van der Waals surface area (Å²) in [6, 6.07) is 12.3. The van der Waals surface area contributed by atoms with Crippen molar-refractivity contribution in [2.45, 2.75) is 6.92 Å². The van der Waals surface area contributed by atoms with Gasteiger partial charge in [0.05, 0.1) is 5.69 Å². The quantitative estimate of drug-likeness (QED) is 0.748. The average molecular weight is 280 g/mol. The number of H-pyrrole nitrogens is 1. The first kappa shape index (κ1) is 13.1. The molecule has 104 valence electrons. The molecular weight excluding hydrogens is 268 g/mol. The van der Waals surface area contributed by atoms with Gasteiger partial charge >= 0.3 is 0 Å². The van der Waals surface area contributed by atoms with Crippen LogP contribution in [0.1, 0.15) is 16.1 Å². The molecule has 0 fully saturated rings. The van der Waals surface area contributed by atoms with Crippen molar-refractivity contribution in [3.8, 4) is 22.6 Å². The Morgan fingerprint density at radius 2 is 2.00 bits per heavy atom. The molecule has 0 radical (unpaired) electrons. The molecule has 2 heterocycles. The SMILES string of the molecule is Cc1ccc(-c2ccc(=O)[nH]n2)cc1-c1ccc(C=O)o1. The Morgan fingerprint density at radius 1 is 1.14 bits per heavy atom. The molecule has 2 aromatic heterocycles. The number of aromatic amines is 1. The molecule has 5 nitrogen and oxygen atoms in total. The minimum absolute atomic E-state index is 0.243. The summed E-state index contributed by atoms with van der Waals surface area (Å²) in [6.45, 7) is 1.96. The smallest absolute Gasteiger partial charge is 0.264 e. The van der Waals surface area contributed by atoms with Gasteiger partial charge in [0, 0.05) is 17.2 Å². The van der Waals surface area contributed by atoms with Crippen LogP contribution in [-0.4, -0.2) is 16.5 Å². The number of aryl methyl sites for hydroxylation is 1. The second-order valence-electron chi connectivity index (χ2n) is 4.66. The van der Waals surface area contributed by atoms with Crippen LogP contribution >= 0.6 is 0 Å². The van der Waals surface area contributed by atoms with Gasteiger partial charge in [-0.1, -0.05) is 12.1 Å². The van der Waals surface area contributed by atoms with Crippen LogP contribution in [0, 0.1) is 6.92 Å². The fourth-order valence-electron chi connectivity index (χ4n) is 2.11. The van der Waals surface area contributed by atoms with Crippen molar-refractivity contribution < 1.29 is 9.21 Å². The third-order valence-electron chi connectivity index (χ3n) is 3.22. The Morgan fingerprint density at radius 3 is 2.67 bits per heavy atom. The molecule has 0 aliphatic carbocycles. The van der Waals surface area contributed by atoms with Crippen LogP contribution in [0.4, 0.5) is 0 Å². The highest BCUT2D eigenvalue weighted by Gasteiger charge is 2.10.